The zero-order chi connectivity index (χ0) is 23.1. The molecule has 32 heavy (non-hydrogen) atoms. The molecule has 0 aliphatic heterocycles. The quantitative estimate of drug-likeness (QED) is 0.348. The molecule has 0 saturated heterocycles. The Kier molecular flexibility index (Phi) is 8.11. The zero-order valence-electron chi connectivity index (χ0n) is 19.2. The molecule has 0 heterocycles. The third-order valence-electron chi connectivity index (χ3n) is 5.32. The van der Waals surface area contributed by atoms with Gasteiger partial charge >= 0.3 is 0 Å². The highest BCUT2D eigenvalue weighted by molar-refractivity contribution is 7.67. The van der Waals surface area contributed by atoms with Gasteiger partial charge in [-0.2, -0.15) is 0 Å². The van der Waals surface area contributed by atoms with Gasteiger partial charge in [0.05, 0.1) is 6.61 Å². The molecule has 0 amide bonds. The Bertz CT molecular complexity index is 1040. The molecule has 3 aromatic carbocycles. The fourth-order valence-corrected chi connectivity index (χ4v) is 5.85. The lowest BCUT2D eigenvalue weighted by molar-refractivity contribution is 0.289. The van der Waals surface area contributed by atoms with Gasteiger partial charge in [0.15, 0.2) is 0 Å². The van der Waals surface area contributed by atoms with Crippen LogP contribution < -0.4 is 15.5 Å². The van der Waals surface area contributed by atoms with Gasteiger partial charge in [0, 0.05) is 36.3 Å². The van der Waals surface area contributed by atoms with Crippen LogP contribution in [0.3, 0.4) is 0 Å². The zero-order valence-corrected chi connectivity index (χ0v) is 20.1. The van der Waals surface area contributed by atoms with Crippen molar-refractivity contribution in [2.24, 2.45) is 5.92 Å². The molecule has 0 radical (unpaired) electrons. The normalized spacial score (nSPS) is 14.1. The van der Waals surface area contributed by atoms with Crippen molar-refractivity contribution < 1.29 is 13.5 Å². The molecule has 0 aliphatic carbocycles. The molecule has 0 fully saturated rings. The maximum atomic E-state index is 15.0. The Morgan fingerprint density at radius 1 is 0.938 bits per heavy atom. The topological polar surface area (TPSA) is 41.6 Å². The number of anilines is 2. The first-order valence-electron chi connectivity index (χ1n) is 10.9. The van der Waals surface area contributed by atoms with Crippen LogP contribution in [0.4, 0.5) is 15.8 Å². The van der Waals surface area contributed by atoms with Crippen LogP contribution in [0.1, 0.15) is 31.6 Å². The summed E-state index contributed by atoms with van der Waals surface area (Å²) in [6.45, 7) is 4.51. The molecule has 6 heteroatoms. The molecule has 170 valence electrons. The average Bonchev–Trinajstić information content (AvgIpc) is 2.78. The summed E-state index contributed by atoms with van der Waals surface area (Å²) < 4.78 is 35.8. The van der Waals surface area contributed by atoms with Crippen molar-refractivity contribution in [1.29, 1.82) is 0 Å². The Hall–Kier alpha value is -2.62. The van der Waals surface area contributed by atoms with E-state index in [-0.39, 0.29) is 0 Å². The highest BCUT2D eigenvalue weighted by Gasteiger charge is 2.39. The van der Waals surface area contributed by atoms with Crippen molar-refractivity contribution in [1.82, 2.24) is 0 Å². The maximum absolute atomic E-state index is 15.0. The van der Waals surface area contributed by atoms with Crippen LogP contribution in [0.2, 0.25) is 0 Å². The van der Waals surface area contributed by atoms with E-state index >= 15 is 0 Å². The fraction of sp³-hybridized carbons (Fsp3) is 0.308. The summed E-state index contributed by atoms with van der Waals surface area (Å²) in [6.07, 6.45) is 0.759. The number of benzene rings is 3. The van der Waals surface area contributed by atoms with E-state index in [1.807, 2.05) is 73.6 Å². The predicted octanol–water partition coefficient (Wildman–Crippen LogP) is 6.67. The van der Waals surface area contributed by atoms with Gasteiger partial charge in [-0.3, -0.25) is 4.57 Å². The van der Waals surface area contributed by atoms with Crippen molar-refractivity contribution in [3.63, 3.8) is 0 Å². The van der Waals surface area contributed by atoms with Gasteiger partial charge in [0.1, 0.15) is 11.6 Å². The highest BCUT2D eigenvalue weighted by Crippen LogP contribution is 2.59. The minimum atomic E-state index is -3.57. The van der Waals surface area contributed by atoms with Crippen molar-refractivity contribution in [3.05, 3.63) is 90.2 Å². The summed E-state index contributed by atoms with van der Waals surface area (Å²) >= 11 is 0. The second kappa shape index (κ2) is 10.8. The number of hydrogen-bond acceptors (Lipinski definition) is 4. The third-order valence-corrected chi connectivity index (χ3v) is 7.99. The molecule has 0 spiro atoms. The molecule has 4 nitrogen and oxygen atoms in total. The standard InChI is InChI=1S/C26H32FN2O2P/c1-20(2)18-19-31-32(30,23-16-14-22(15-17-23)29(3)4)26(24-12-8-9-13-25(24)27)28-21-10-6-5-7-11-21/h5-17,20,26,28H,18-19H2,1-4H3. The molecule has 3 aromatic rings. The van der Waals surface area contributed by atoms with Crippen molar-refractivity contribution in [3.8, 4) is 0 Å². The fourth-order valence-electron chi connectivity index (χ4n) is 3.42. The van der Waals surface area contributed by atoms with E-state index in [4.69, 9.17) is 4.52 Å². The summed E-state index contributed by atoms with van der Waals surface area (Å²) in [5.41, 5.74) is 2.06. The first kappa shape index (κ1) is 24.0. The molecular formula is C26H32FN2O2P. The van der Waals surface area contributed by atoms with Crippen LogP contribution in [0.25, 0.3) is 0 Å². The highest BCUT2D eigenvalue weighted by atomic mass is 31.2. The lowest BCUT2D eigenvalue weighted by atomic mass is 10.2. The van der Waals surface area contributed by atoms with E-state index in [1.165, 1.54) is 6.07 Å². The maximum Gasteiger partial charge on any atom is 0.258 e. The van der Waals surface area contributed by atoms with E-state index in [1.54, 1.807) is 18.2 Å². The van der Waals surface area contributed by atoms with E-state index < -0.39 is 19.0 Å². The number of nitrogens with zero attached hydrogens (tertiary/aromatic N) is 1. The SMILES string of the molecule is CC(C)CCOP(=O)(c1ccc(N(C)C)cc1)C(Nc1ccccc1)c1ccccc1F. The molecule has 3 rings (SSSR count). The van der Waals surface area contributed by atoms with Gasteiger partial charge in [-0.05, 0) is 54.8 Å². The smallest absolute Gasteiger partial charge is 0.258 e. The summed E-state index contributed by atoms with van der Waals surface area (Å²) in [7, 11) is 0.330. The van der Waals surface area contributed by atoms with Crippen LogP contribution in [-0.4, -0.2) is 20.7 Å². The number of hydrogen-bond donors (Lipinski definition) is 1. The lowest BCUT2D eigenvalue weighted by Gasteiger charge is -2.30. The Balaban J connectivity index is 2.11. The van der Waals surface area contributed by atoms with E-state index in [9.17, 15) is 8.96 Å². The molecule has 0 aromatic heterocycles. The Morgan fingerprint density at radius 2 is 1.56 bits per heavy atom. The van der Waals surface area contributed by atoms with Gasteiger partial charge in [-0.15, -0.1) is 0 Å². The minimum absolute atomic E-state index is 0.320. The van der Waals surface area contributed by atoms with Crippen LogP contribution >= 0.6 is 7.37 Å². The first-order chi connectivity index (χ1) is 15.3. The van der Waals surface area contributed by atoms with E-state index in [0.717, 1.165) is 17.8 Å². The molecule has 2 unspecified atom stereocenters. The van der Waals surface area contributed by atoms with E-state index in [0.29, 0.717) is 23.4 Å². The Morgan fingerprint density at radius 3 is 2.16 bits per heavy atom. The number of rotatable bonds is 10. The van der Waals surface area contributed by atoms with E-state index in [2.05, 4.69) is 19.2 Å². The largest absolute Gasteiger partial charge is 0.378 e. The summed E-state index contributed by atoms with van der Waals surface area (Å²) in [5, 5.41) is 3.87. The molecule has 1 N–H and O–H groups in total. The first-order valence-corrected chi connectivity index (χ1v) is 12.6. The number of halogens is 1. The van der Waals surface area contributed by atoms with Crippen molar-refractivity contribution in [2.75, 3.05) is 30.9 Å². The predicted molar refractivity (Wildman–Crippen MR) is 133 cm³/mol. The van der Waals surface area contributed by atoms with Gasteiger partial charge < -0.3 is 14.7 Å². The molecule has 2 atom stereocenters. The second-order valence-electron chi connectivity index (χ2n) is 8.46. The average molecular weight is 455 g/mol. The van der Waals surface area contributed by atoms with Gasteiger partial charge in [-0.1, -0.05) is 50.2 Å². The third kappa shape index (κ3) is 5.79. The number of para-hydroxylation sites is 1. The summed E-state index contributed by atoms with van der Waals surface area (Å²) in [6, 6.07) is 23.4. The molecule has 0 bridgehead atoms. The Labute approximate surface area is 190 Å². The van der Waals surface area contributed by atoms with Crippen LogP contribution in [0.5, 0.6) is 0 Å². The number of nitrogens with one attached hydrogen (secondary N) is 1. The minimum Gasteiger partial charge on any atom is -0.378 e. The van der Waals surface area contributed by atoms with Crippen LogP contribution in [0.15, 0.2) is 78.9 Å². The van der Waals surface area contributed by atoms with Gasteiger partial charge in [-0.25, -0.2) is 4.39 Å². The van der Waals surface area contributed by atoms with Gasteiger partial charge in [0.25, 0.3) is 7.37 Å². The molecule has 0 aliphatic rings. The van der Waals surface area contributed by atoms with Crippen molar-refractivity contribution >= 4 is 24.0 Å². The second-order valence-corrected chi connectivity index (χ2v) is 10.9. The van der Waals surface area contributed by atoms with Crippen molar-refractivity contribution in [2.45, 2.75) is 26.1 Å². The summed E-state index contributed by atoms with van der Waals surface area (Å²) in [4.78, 5) is 1.98. The van der Waals surface area contributed by atoms with Gasteiger partial charge in [0.2, 0.25) is 0 Å². The molecular weight excluding hydrogens is 422 g/mol. The van der Waals surface area contributed by atoms with Crippen LogP contribution in [-0.2, 0) is 9.09 Å². The monoisotopic (exact) mass is 454 g/mol. The molecule has 0 saturated carbocycles. The lowest BCUT2D eigenvalue weighted by Crippen LogP contribution is -2.22. The van der Waals surface area contributed by atoms with Crippen LogP contribution in [0, 0.1) is 11.7 Å². The summed E-state index contributed by atoms with van der Waals surface area (Å²) in [5.74, 6) is -0.893.